The lowest BCUT2D eigenvalue weighted by atomic mass is 10.00. The molecule has 1 atom stereocenters. The highest BCUT2D eigenvalue weighted by Crippen LogP contribution is 2.23. The molecule has 4 nitrogen and oxygen atoms in total. The second kappa shape index (κ2) is 5.64. The molecule has 0 aliphatic rings. The highest BCUT2D eigenvalue weighted by Gasteiger charge is 2.13. The number of nitrogens with two attached hydrogens (primary N) is 1. The van der Waals surface area contributed by atoms with E-state index in [9.17, 15) is 8.42 Å². The monoisotopic (exact) mass is 291 g/mol. The normalized spacial score (nSPS) is 12.9. The fourth-order valence-electron chi connectivity index (χ4n) is 1.94. The molecule has 0 amide bonds. The Balaban J connectivity index is 2.35. The molecule has 0 fully saturated rings. The van der Waals surface area contributed by atoms with Gasteiger partial charge in [-0.1, -0.05) is 24.3 Å². The van der Waals surface area contributed by atoms with Gasteiger partial charge < -0.3 is 10.5 Å². The van der Waals surface area contributed by atoms with Gasteiger partial charge in [-0.3, -0.25) is 0 Å². The first kappa shape index (κ1) is 14.6. The van der Waals surface area contributed by atoms with Gasteiger partial charge in [0.05, 0.1) is 18.0 Å². The van der Waals surface area contributed by atoms with Gasteiger partial charge in [0.25, 0.3) is 0 Å². The maximum absolute atomic E-state index is 11.6. The van der Waals surface area contributed by atoms with E-state index in [0.717, 1.165) is 16.9 Å². The zero-order valence-corrected chi connectivity index (χ0v) is 12.2. The van der Waals surface area contributed by atoms with E-state index in [1.165, 1.54) is 6.26 Å². The van der Waals surface area contributed by atoms with E-state index in [-0.39, 0.29) is 10.9 Å². The van der Waals surface area contributed by atoms with Gasteiger partial charge >= 0.3 is 0 Å². The van der Waals surface area contributed by atoms with Crippen molar-refractivity contribution in [2.24, 2.45) is 5.73 Å². The molecule has 2 N–H and O–H groups in total. The number of hydrogen-bond acceptors (Lipinski definition) is 4. The molecular weight excluding hydrogens is 274 g/mol. The van der Waals surface area contributed by atoms with Crippen molar-refractivity contribution in [2.45, 2.75) is 10.9 Å². The van der Waals surface area contributed by atoms with Crippen LogP contribution >= 0.6 is 0 Å². The minimum Gasteiger partial charge on any atom is -0.497 e. The van der Waals surface area contributed by atoms with Crippen LogP contribution in [-0.2, 0) is 9.84 Å². The van der Waals surface area contributed by atoms with Gasteiger partial charge in [0.2, 0.25) is 0 Å². The molecule has 0 heterocycles. The van der Waals surface area contributed by atoms with Crippen LogP contribution in [0.3, 0.4) is 0 Å². The van der Waals surface area contributed by atoms with Crippen LogP contribution in [0.2, 0.25) is 0 Å². The Bertz CT molecular complexity index is 693. The summed E-state index contributed by atoms with van der Waals surface area (Å²) >= 11 is 0. The van der Waals surface area contributed by atoms with Crippen LogP contribution in [0.25, 0.3) is 0 Å². The number of benzene rings is 2. The predicted octanol–water partition coefficient (Wildman–Crippen LogP) is 2.15. The van der Waals surface area contributed by atoms with Crippen LogP contribution in [0.1, 0.15) is 17.2 Å². The first-order valence-corrected chi connectivity index (χ1v) is 8.00. The van der Waals surface area contributed by atoms with Crippen molar-refractivity contribution in [3.63, 3.8) is 0 Å². The largest absolute Gasteiger partial charge is 0.497 e. The molecule has 20 heavy (non-hydrogen) atoms. The Labute approximate surface area is 119 Å². The zero-order chi connectivity index (χ0) is 14.8. The molecule has 2 aromatic carbocycles. The average Bonchev–Trinajstić information content (AvgIpc) is 2.46. The number of rotatable bonds is 4. The lowest BCUT2D eigenvalue weighted by molar-refractivity contribution is 0.414. The van der Waals surface area contributed by atoms with Crippen molar-refractivity contribution >= 4 is 9.84 Å². The summed E-state index contributed by atoms with van der Waals surface area (Å²) in [5.74, 6) is 0.755. The molecule has 0 radical (unpaired) electrons. The molecule has 2 aromatic rings. The lowest BCUT2D eigenvalue weighted by Gasteiger charge is -2.14. The van der Waals surface area contributed by atoms with Gasteiger partial charge in [0.15, 0.2) is 9.84 Å². The first-order valence-electron chi connectivity index (χ1n) is 6.11. The predicted molar refractivity (Wildman–Crippen MR) is 78.6 cm³/mol. The molecule has 0 aliphatic carbocycles. The quantitative estimate of drug-likeness (QED) is 0.937. The van der Waals surface area contributed by atoms with Gasteiger partial charge in [0.1, 0.15) is 5.75 Å². The third-order valence-electron chi connectivity index (χ3n) is 3.12. The second-order valence-electron chi connectivity index (χ2n) is 4.60. The Kier molecular flexibility index (Phi) is 4.11. The topological polar surface area (TPSA) is 69.4 Å². The van der Waals surface area contributed by atoms with Crippen LogP contribution < -0.4 is 10.5 Å². The summed E-state index contributed by atoms with van der Waals surface area (Å²) in [7, 11) is -1.63. The summed E-state index contributed by atoms with van der Waals surface area (Å²) < 4.78 is 28.2. The zero-order valence-electron chi connectivity index (χ0n) is 11.4. The molecule has 0 bridgehead atoms. The second-order valence-corrected chi connectivity index (χ2v) is 6.61. The molecule has 0 aromatic heterocycles. The van der Waals surface area contributed by atoms with Crippen LogP contribution in [0.5, 0.6) is 5.75 Å². The fourth-order valence-corrected chi connectivity index (χ4v) is 2.62. The minimum absolute atomic E-state index is 0.277. The Morgan fingerprint density at radius 1 is 1.05 bits per heavy atom. The lowest BCUT2D eigenvalue weighted by Crippen LogP contribution is -2.12. The SMILES string of the molecule is COc1ccc([C@H](N)c2cccc(S(C)(=O)=O)c2)cc1. The third kappa shape index (κ3) is 3.18. The Morgan fingerprint density at radius 2 is 1.70 bits per heavy atom. The van der Waals surface area contributed by atoms with Crippen molar-refractivity contribution in [3.05, 3.63) is 59.7 Å². The maximum Gasteiger partial charge on any atom is 0.175 e. The van der Waals surface area contributed by atoms with E-state index < -0.39 is 9.84 Å². The van der Waals surface area contributed by atoms with Crippen LogP contribution in [0.4, 0.5) is 0 Å². The van der Waals surface area contributed by atoms with Gasteiger partial charge in [-0.25, -0.2) is 8.42 Å². The average molecular weight is 291 g/mol. The molecule has 0 saturated carbocycles. The van der Waals surface area contributed by atoms with Gasteiger partial charge in [-0.05, 0) is 35.4 Å². The smallest absolute Gasteiger partial charge is 0.175 e. The molecule has 0 aliphatic heterocycles. The molecule has 5 heteroatoms. The van der Waals surface area contributed by atoms with E-state index in [1.54, 1.807) is 25.3 Å². The number of sulfone groups is 1. The Morgan fingerprint density at radius 3 is 2.25 bits per heavy atom. The van der Waals surface area contributed by atoms with Gasteiger partial charge in [0, 0.05) is 6.26 Å². The summed E-state index contributed by atoms with van der Waals surface area (Å²) in [6.07, 6.45) is 1.19. The maximum atomic E-state index is 11.6. The first-order chi connectivity index (χ1) is 9.41. The van der Waals surface area contributed by atoms with Crippen molar-refractivity contribution in [2.75, 3.05) is 13.4 Å². The molecule has 0 spiro atoms. The number of methoxy groups -OCH3 is 1. The van der Waals surface area contributed by atoms with Gasteiger partial charge in [-0.2, -0.15) is 0 Å². The van der Waals surface area contributed by atoms with E-state index >= 15 is 0 Å². The van der Waals surface area contributed by atoms with E-state index in [2.05, 4.69) is 0 Å². The number of ether oxygens (including phenoxy) is 1. The Hall–Kier alpha value is -1.85. The van der Waals surface area contributed by atoms with E-state index in [4.69, 9.17) is 10.5 Å². The summed E-state index contributed by atoms with van der Waals surface area (Å²) in [5.41, 5.74) is 7.85. The standard InChI is InChI=1S/C15H17NO3S/c1-19-13-8-6-11(7-9-13)15(16)12-4-3-5-14(10-12)20(2,17)18/h3-10,15H,16H2,1-2H3/t15-/m0/s1. The number of hydrogen-bond donors (Lipinski definition) is 1. The molecule has 106 valence electrons. The summed E-state index contributed by atoms with van der Waals surface area (Å²) in [4.78, 5) is 0.277. The van der Waals surface area contributed by atoms with E-state index in [0.29, 0.717) is 0 Å². The highest BCUT2D eigenvalue weighted by atomic mass is 32.2. The van der Waals surface area contributed by atoms with Gasteiger partial charge in [-0.15, -0.1) is 0 Å². The van der Waals surface area contributed by atoms with Crippen molar-refractivity contribution in [1.29, 1.82) is 0 Å². The molecular formula is C15H17NO3S. The van der Waals surface area contributed by atoms with Crippen molar-refractivity contribution in [3.8, 4) is 5.75 Å². The van der Waals surface area contributed by atoms with Crippen molar-refractivity contribution < 1.29 is 13.2 Å². The van der Waals surface area contributed by atoms with Crippen molar-refractivity contribution in [1.82, 2.24) is 0 Å². The molecule has 0 saturated heterocycles. The molecule has 2 rings (SSSR count). The fraction of sp³-hybridized carbons (Fsp3) is 0.200. The summed E-state index contributed by atoms with van der Waals surface area (Å²) in [6, 6.07) is 13.7. The van der Waals surface area contributed by atoms with E-state index in [1.807, 2.05) is 30.3 Å². The van der Waals surface area contributed by atoms with Crippen LogP contribution in [0, 0.1) is 0 Å². The summed E-state index contributed by atoms with van der Waals surface area (Å²) in [5, 5.41) is 0. The third-order valence-corrected chi connectivity index (χ3v) is 4.23. The van der Waals surface area contributed by atoms with Crippen LogP contribution in [-0.4, -0.2) is 21.8 Å². The summed E-state index contributed by atoms with van der Waals surface area (Å²) in [6.45, 7) is 0. The minimum atomic E-state index is -3.23. The highest BCUT2D eigenvalue weighted by molar-refractivity contribution is 7.90. The molecule has 0 unspecified atom stereocenters. The van der Waals surface area contributed by atoms with Crippen LogP contribution in [0.15, 0.2) is 53.4 Å².